The van der Waals surface area contributed by atoms with Gasteiger partial charge in [0.25, 0.3) is 0 Å². The SMILES string of the molecule is CCCCCCOc1ccc(-c2ccc(C(=Cc3ccc(-n4c5c(c6cc(-c7ccc(-c8ccc(/C=C(\C#N)C(=O)O)s8)c8nc(-c9ccccc9)c(-c9ccccc9)nc78)ccc64)CCC5)cc3)c3ccc(-c4ccc(OCCCCCC)cc4OCCCCCC)cc3)cc2)c(OCCCCCC)c1. The largest absolute Gasteiger partial charge is 0.493 e. The quantitative estimate of drug-likeness (QED) is 0.0177. The fraction of sp³-hybridized carbons (Fsp3) is 0.284. The van der Waals surface area contributed by atoms with Crippen molar-refractivity contribution < 1.29 is 28.8 Å². The number of nitriles is 1. The number of thiophene rings is 1. The van der Waals surface area contributed by atoms with E-state index >= 15 is 0 Å². The molecular formula is C95H96N4O6S. The molecule has 3 aromatic heterocycles. The minimum absolute atomic E-state index is 0.325. The van der Waals surface area contributed by atoms with Crippen molar-refractivity contribution in [1.82, 2.24) is 14.5 Å². The lowest BCUT2D eigenvalue weighted by molar-refractivity contribution is -0.132. The minimum atomic E-state index is -1.26. The van der Waals surface area contributed by atoms with Gasteiger partial charge in [-0.2, -0.15) is 5.26 Å². The molecule has 1 aliphatic carbocycles. The highest BCUT2D eigenvalue weighted by molar-refractivity contribution is 7.16. The van der Waals surface area contributed by atoms with Gasteiger partial charge in [0.1, 0.15) is 34.6 Å². The summed E-state index contributed by atoms with van der Waals surface area (Å²) in [7, 11) is 0. The van der Waals surface area contributed by atoms with E-state index in [0.717, 1.165) is 204 Å². The van der Waals surface area contributed by atoms with Crippen molar-refractivity contribution in [3.8, 4) is 101 Å². The summed E-state index contributed by atoms with van der Waals surface area (Å²) in [5.74, 6) is 2.12. The molecule has 11 heteroatoms. The Labute approximate surface area is 629 Å². The molecule has 0 bridgehead atoms. The standard InChI is InChI=1S/C95H96N4O6S/c1-5-9-13-23-56-102-76-47-50-79(88(63-76)104-58-25-15-11-7-3)67-36-40-69(41-37-67)84(70-42-38-68(39-43-70)80-51-48-77(103-57-24-14-10-6-2)64-89(80)105-59-26-16-12-8-4)60-66-34-45-75(46-35-66)99-86-33-27-32-82(86)85-62-73(44-54-87(85)99)81-52-53-83(90-55-49-78(106-90)61-74(65-96)95(100)101)94-93(81)97-91(71-28-19-17-20-29-71)92(98-94)72-30-21-18-22-31-72/h17-22,28-31,34-55,60-64H,5-16,23-27,32-33,56-59H2,1-4H3,(H,100,101)/b74-61+. The van der Waals surface area contributed by atoms with Gasteiger partial charge in [-0.15, -0.1) is 11.3 Å². The van der Waals surface area contributed by atoms with Crippen molar-refractivity contribution in [2.75, 3.05) is 26.4 Å². The van der Waals surface area contributed by atoms with Crippen LogP contribution in [-0.4, -0.2) is 52.0 Å². The third kappa shape index (κ3) is 17.6. The first-order valence-corrected chi connectivity index (χ1v) is 39.4. The summed E-state index contributed by atoms with van der Waals surface area (Å²) < 4.78 is 28.4. The van der Waals surface area contributed by atoms with Crippen LogP contribution in [0.2, 0.25) is 0 Å². The van der Waals surface area contributed by atoms with Crippen LogP contribution in [0.15, 0.2) is 218 Å². The number of rotatable bonds is 36. The van der Waals surface area contributed by atoms with E-state index in [1.807, 2.05) is 54.6 Å². The summed E-state index contributed by atoms with van der Waals surface area (Å²) in [6.07, 6.45) is 25.0. The molecule has 1 aliphatic rings. The van der Waals surface area contributed by atoms with Crippen LogP contribution in [0.3, 0.4) is 0 Å². The molecule has 0 saturated carbocycles. The van der Waals surface area contributed by atoms with Crippen LogP contribution in [0.4, 0.5) is 0 Å². The maximum atomic E-state index is 11.9. The monoisotopic (exact) mass is 1420 g/mol. The molecule has 538 valence electrons. The summed E-state index contributed by atoms with van der Waals surface area (Å²) in [4.78, 5) is 24.7. The molecule has 0 amide bonds. The van der Waals surface area contributed by atoms with Gasteiger partial charge < -0.3 is 28.6 Å². The maximum Gasteiger partial charge on any atom is 0.346 e. The molecule has 0 radical (unpaired) electrons. The highest BCUT2D eigenvalue weighted by Crippen LogP contribution is 2.45. The number of benzene rings is 9. The van der Waals surface area contributed by atoms with E-state index in [1.165, 1.54) is 85.4 Å². The number of hydrogen-bond acceptors (Lipinski definition) is 9. The molecule has 13 rings (SSSR count). The van der Waals surface area contributed by atoms with E-state index in [1.54, 1.807) is 0 Å². The number of hydrogen-bond donors (Lipinski definition) is 1. The van der Waals surface area contributed by atoms with Gasteiger partial charge in [0.15, 0.2) is 0 Å². The van der Waals surface area contributed by atoms with Crippen LogP contribution in [0.5, 0.6) is 23.0 Å². The predicted molar refractivity (Wildman–Crippen MR) is 439 cm³/mol. The average Bonchev–Trinajstić information content (AvgIpc) is 1.50. The summed E-state index contributed by atoms with van der Waals surface area (Å²) in [6, 6.07) is 76.9. The zero-order valence-electron chi connectivity index (χ0n) is 61.8. The number of aromatic nitrogens is 3. The van der Waals surface area contributed by atoms with Gasteiger partial charge in [-0.25, -0.2) is 14.8 Å². The van der Waals surface area contributed by atoms with E-state index < -0.39 is 5.97 Å². The number of carboxylic acid groups (broad SMARTS) is 1. The molecule has 12 aromatic rings. The first kappa shape index (κ1) is 73.5. The molecule has 0 atom stereocenters. The maximum absolute atomic E-state index is 11.9. The number of aliphatic carboxylic acids is 1. The molecule has 0 fully saturated rings. The second-order valence-corrected chi connectivity index (χ2v) is 28.9. The second-order valence-electron chi connectivity index (χ2n) is 27.8. The molecule has 0 aliphatic heterocycles. The number of ether oxygens (including phenoxy) is 4. The van der Waals surface area contributed by atoms with Gasteiger partial charge >= 0.3 is 5.97 Å². The molecule has 10 nitrogen and oxygen atoms in total. The van der Waals surface area contributed by atoms with Crippen LogP contribution in [0.1, 0.15) is 170 Å². The normalized spacial score (nSPS) is 12.0. The fourth-order valence-electron chi connectivity index (χ4n) is 14.5. The number of carboxylic acids is 1. The van der Waals surface area contributed by atoms with E-state index in [0.29, 0.717) is 31.3 Å². The van der Waals surface area contributed by atoms with Gasteiger partial charge in [-0.05, 0) is 162 Å². The van der Waals surface area contributed by atoms with Gasteiger partial charge in [0.2, 0.25) is 0 Å². The number of fused-ring (bicyclic) bond motifs is 4. The minimum Gasteiger partial charge on any atom is -0.493 e. The van der Waals surface area contributed by atoms with Crippen molar-refractivity contribution >= 4 is 57.0 Å². The molecule has 9 aromatic carbocycles. The Morgan fingerprint density at radius 3 is 1.48 bits per heavy atom. The molecule has 0 spiro atoms. The molecule has 3 heterocycles. The van der Waals surface area contributed by atoms with E-state index in [4.69, 9.17) is 28.9 Å². The lowest BCUT2D eigenvalue weighted by Crippen LogP contribution is -2.01. The lowest BCUT2D eigenvalue weighted by Gasteiger charge is -2.16. The smallest absolute Gasteiger partial charge is 0.346 e. The molecular weight excluding hydrogens is 1330 g/mol. The van der Waals surface area contributed by atoms with E-state index in [-0.39, 0.29) is 5.57 Å². The Balaban J connectivity index is 0.867. The average molecular weight is 1420 g/mol. The van der Waals surface area contributed by atoms with Crippen molar-refractivity contribution in [1.29, 1.82) is 5.26 Å². The summed E-state index contributed by atoms with van der Waals surface area (Å²) in [5.41, 5.74) is 21.0. The Hall–Kier alpha value is -10.8. The first-order chi connectivity index (χ1) is 52.2. The van der Waals surface area contributed by atoms with Gasteiger partial charge in [0.05, 0.1) is 54.4 Å². The third-order valence-corrected chi connectivity index (χ3v) is 21.3. The fourth-order valence-corrected chi connectivity index (χ4v) is 15.5. The van der Waals surface area contributed by atoms with Crippen molar-refractivity contribution in [3.63, 3.8) is 0 Å². The zero-order valence-corrected chi connectivity index (χ0v) is 62.6. The summed E-state index contributed by atoms with van der Waals surface area (Å²) in [6.45, 7) is 11.7. The first-order valence-electron chi connectivity index (χ1n) is 38.6. The van der Waals surface area contributed by atoms with Crippen molar-refractivity contribution in [3.05, 3.63) is 251 Å². The Kier molecular flexibility index (Phi) is 25.2. The Morgan fingerprint density at radius 1 is 0.481 bits per heavy atom. The van der Waals surface area contributed by atoms with Crippen LogP contribution in [0, 0.1) is 11.3 Å². The van der Waals surface area contributed by atoms with Crippen LogP contribution >= 0.6 is 11.3 Å². The summed E-state index contributed by atoms with van der Waals surface area (Å²) in [5, 5.41) is 20.6. The van der Waals surface area contributed by atoms with Crippen LogP contribution < -0.4 is 18.9 Å². The highest BCUT2D eigenvalue weighted by atomic mass is 32.1. The van der Waals surface area contributed by atoms with Gasteiger partial charge in [-0.1, -0.05) is 244 Å². The molecule has 1 N–H and O–H groups in total. The highest BCUT2D eigenvalue weighted by Gasteiger charge is 2.26. The topological polar surface area (TPSA) is 129 Å². The Morgan fingerprint density at radius 2 is 0.972 bits per heavy atom. The van der Waals surface area contributed by atoms with Gasteiger partial charge in [-0.3, -0.25) is 0 Å². The third-order valence-electron chi connectivity index (χ3n) is 20.2. The zero-order chi connectivity index (χ0) is 73.0. The number of nitrogens with zero attached hydrogens (tertiary/aromatic N) is 4. The lowest BCUT2D eigenvalue weighted by atomic mass is 9.92. The summed E-state index contributed by atoms with van der Waals surface area (Å²) >= 11 is 1.42. The molecule has 0 saturated heterocycles. The number of aryl methyl sites for hydroxylation is 1. The van der Waals surface area contributed by atoms with E-state index in [2.05, 4.69) is 202 Å². The van der Waals surface area contributed by atoms with Crippen molar-refractivity contribution in [2.45, 2.75) is 150 Å². The second kappa shape index (κ2) is 36.3. The van der Waals surface area contributed by atoms with Crippen LogP contribution in [0.25, 0.3) is 112 Å². The Bertz CT molecular complexity index is 4940. The van der Waals surface area contributed by atoms with Gasteiger partial charge in [0, 0.05) is 72.0 Å². The van der Waals surface area contributed by atoms with E-state index in [9.17, 15) is 15.2 Å². The van der Waals surface area contributed by atoms with Crippen LogP contribution in [-0.2, 0) is 17.6 Å². The predicted octanol–water partition coefficient (Wildman–Crippen LogP) is 25.5. The molecule has 0 unspecified atom stereocenters. The number of unbranched alkanes of at least 4 members (excludes halogenated alkanes) is 12. The number of carbonyl (C=O) groups is 1. The molecule has 106 heavy (non-hydrogen) atoms. The van der Waals surface area contributed by atoms with Crippen molar-refractivity contribution in [2.24, 2.45) is 0 Å².